The van der Waals surface area contributed by atoms with E-state index < -0.39 is 17.4 Å². The van der Waals surface area contributed by atoms with E-state index in [4.69, 9.17) is 4.74 Å². The Labute approximate surface area is 124 Å². The topological polar surface area (TPSA) is 63.6 Å². The van der Waals surface area contributed by atoms with Crippen molar-refractivity contribution < 1.29 is 19.4 Å². The summed E-state index contributed by atoms with van der Waals surface area (Å²) in [5, 5.41) is 9.41. The molecule has 4 heteroatoms. The summed E-state index contributed by atoms with van der Waals surface area (Å²) in [5.41, 5.74) is 1.89. The fourth-order valence-corrected chi connectivity index (χ4v) is 2.75. The maximum atomic E-state index is 11.9. The number of rotatable bonds is 4. The van der Waals surface area contributed by atoms with E-state index in [1.54, 1.807) is 6.08 Å². The van der Waals surface area contributed by atoms with Gasteiger partial charge in [0.15, 0.2) is 5.41 Å². The largest absolute Gasteiger partial charge is 0.480 e. The van der Waals surface area contributed by atoms with E-state index in [0.29, 0.717) is 19.4 Å². The van der Waals surface area contributed by atoms with Crippen LogP contribution in [0.25, 0.3) is 6.08 Å². The van der Waals surface area contributed by atoms with Gasteiger partial charge in [-0.25, -0.2) is 0 Å². The first-order valence-corrected chi connectivity index (χ1v) is 7.09. The van der Waals surface area contributed by atoms with E-state index in [2.05, 4.69) is 6.07 Å². The van der Waals surface area contributed by atoms with Crippen LogP contribution >= 0.6 is 0 Å². The lowest BCUT2D eigenvalue weighted by Crippen LogP contribution is -2.43. The standard InChI is InChI=1S/C17H20O4/c1-12-9-13(2)11-14(10-12)5-3-6-17(15(18)19)7-4-8-21-16(17)20/h3,5,9-11H,4,6-8H2,1-2H3,(H,18,19)/b5-3+/t17-/m0/s1. The SMILES string of the molecule is Cc1cc(C)cc(/C=C/C[C@@]2(C(=O)O)CCCOC2=O)c1. The third-order valence-electron chi connectivity index (χ3n) is 3.80. The van der Waals surface area contributed by atoms with E-state index in [1.807, 2.05) is 32.1 Å². The molecule has 2 rings (SSSR count). The fraction of sp³-hybridized carbons (Fsp3) is 0.412. The van der Waals surface area contributed by atoms with Crippen molar-refractivity contribution in [2.45, 2.75) is 33.1 Å². The molecule has 112 valence electrons. The Morgan fingerprint density at radius 1 is 1.33 bits per heavy atom. The predicted octanol–water partition coefficient (Wildman–Crippen LogP) is 3.11. The highest BCUT2D eigenvalue weighted by Crippen LogP contribution is 2.34. The molecule has 1 aromatic rings. The molecule has 1 fully saturated rings. The molecular formula is C17H20O4. The van der Waals surface area contributed by atoms with Gasteiger partial charge in [-0.3, -0.25) is 9.59 Å². The van der Waals surface area contributed by atoms with Crippen molar-refractivity contribution in [2.75, 3.05) is 6.61 Å². The summed E-state index contributed by atoms with van der Waals surface area (Å²) in [6, 6.07) is 6.13. The molecule has 0 unspecified atom stereocenters. The number of cyclic esters (lactones) is 1. The van der Waals surface area contributed by atoms with E-state index in [1.165, 1.54) is 0 Å². The van der Waals surface area contributed by atoms with Gasteiger partial charge in [-0.1, -0.05) is 41.5 Å². The number of aryl methyl sites for hydroxylation is 2. The number of ether oxygens (including phenoxy) is 1. The summed E-state index contributed by atoms with van der Waals surface area (Å²) in [4.78, 5) is 23.4. The minimum absolute atomic E-state index is 0.161. The van der Waals surface area contributed by atoms with E-state index in [-0.39, 0.29) is 6.42 Å². The van der Waals surface area contributed by atoms with Gasteiger partial charge in [-0.15, -0.1) is 0 Å². The number of hydrogen-bond acceptors (Lipinski definition) is 3. The molecule has 1 aliphatic rings. The summed E-state index contributed by atoms with van der Waals surface area (Å²) in [7, 11) is 0. The second-order valence-electron chi connectivity index (χ2n) is 5.65. The number of carbonyl (C=O) groups excluding carboxylic acids is 1. The lowest BCUT2D eigenvalue weighted by molar-refractivity contribution is -0.174. The summed E-state index contributed by atoms with van der Waals surface area (Å²) in [6.45, 7) is 4.35. The molecule has 1 aromatic carbocycles. The van der Waals surface area contributed by atoms with E-state index in [0.717, 1.165) is 16.7 Å². The number of hydrogen-bond donors (Lipinski definition) is 1. The van der Waals surface area contributed by atoms with Crippen LogP contribution in [-0.4, -0.2) is 23.7 Å². The van der Waals surface area contributed by atoms with Crippen molar-refractivity contribution in [1.82, 2.24) is 0 Å². The second-order valence-corrected chi connectivity index (χ2v) is 5.65. The number of carboxylic acid groups (broad SMARTS) is 1. The number of allylic oxidation sites excluding steroid dienone is 1. The third kappa shape index (κ3) is 3.32. The van der Waals surface area contributed by atoms with E-state index >= 15 is 0 Å². The zero-order valence-corrected chi connectivity index (χ0v) is 12.4. The second kappa shape index (κ2) is 6.12. The van der Waals surface area contributed by atoms with Crippen LogP contribution in [-0.2, 0) is 14.3 Å². The molecule has 1 heterocycles. The Hall–Kier alpha value is -2.10. The van der Waals surface area contributed by atoms with Crippen LogP contribution in [0.1, 0.15) is 36.0 Å². The first kappa shape index (κ1) is 15.3. The Kier molecular flexibility index (Phi) is 4.46. The lowest BCUT2D eigenvalue weighted by atomic mass is 9.78. The first-order valence-electron chi connectivity index (χ1n) is 7.09. The van der Waals surface area contributed by atoms with Gasteiger partial charge in [0.1, 0.15) is 0 Å². The minimum atomic E-state index is -1.42. The molecule has 0 bridgehead atoms. The van der Waals surface area contributed by atoms with Crippen LogP contribution in [0, 0.1) is 19.3 Å². The fourth-order valence-electron chi connectivity index (χ4n) is 2.75. The van der Waals surface area contributed by atoms with Gasteiger partial charge >= 0.3 is 11.9 Å². The number of aliphatic carboxylic acids is 1. The van der Waals surface area contributed by atoms with Crippen LogP contribution < -0.4 is 0 Å². The average Bonchev–Trinajstić information content (AvgIpc) is 2.39. The molecule has 0 aliphatic carbocycles. The van der Waals surface area contributed by atoms with Crippen molar-refractivity contribution >= 4 is 18.0 Å². The van der Waals surface area contributed by atoms with Crippen molar-refractivity contribution in [3.05, 3.63) is 41.0 Å². The Morgan fingerprint density at radius 3 is 2.57 bits per heavy atom. The molecule has 1 saturated heterocycles. The highest BCUT2D eigenvalue weighted by Gasteiger charge is 2.48. The van der Waals surface area contributed by atoms with Crippen LogP contribution in [0.2, 0.25) is 0 Å². The van der Waals surface area contributed by atoms with Crippen LogP contribution in [0.15, 0.2) is 24.3 Å². The average molecular weight is 288 g/mol. The summed E-state index contributed by atoms with van der Waals surface area (Å²) in [5.74, 6) is -1.72. The summed E-state index contributed by atoms with van der Waals surface area (Å²) in [6.07, 6.45) is 4.71. The molecule has 1 N–H and O–H groups in total. The third-order valence-corrected chi connectivity index (χ3v) is 3.80. The molecule has 4 nitrogen and oxygen atoms in total. The molecule has 21 heavy (non-hydrogen) atoms. The van der Waals surface area contributed by atoms with Crippen molar-refractivity contribution in [2.24, 2.45) is 5.41 Å². The molecule has 0 saturated carbocycles. The zero-order chi connectivity index (χ0) is 15.5. The number of esters is 1. The molecule has 0 amide bonds. The van der Waals surface area contributed by atoms with Crippen molar-refractivity contribution in [1.29, 1.82) is 0 Å². The first-order chi connectivity index (χ1) is 9.94. The minimum Gasteiger partial charge on any atom is -0.480 e. The van der Waals surface area contributed by atoms with E-state index in [9.17, 15) is 14.7 Å². The highest BCUT2D eigenvalue weighted by atomic mass is 16.5. The zero-order valence-electron chi connectivity index (χ0n) is 12.4. The van der Waals surface area contributed by atoms with Crippen LogP contribution in [0.3, 0.4) is 0 Å². The molecule has 0 radical (unpaired) electrons. The van der Waals surface area contributed by atoms with Gasteiger partial charge in [0.2, 0.25) is 0 Å². The van der Waals surface area contributed by atoms with Gasteiger partial charge < -0.3 is 9.84 Å². The van der Waals surface area contributed by atoms with Gasteiger partial charge in [-0.2, -0.15) is 0 Å². The Balaban J connectivity index is 2.17. The highest BCUT2D eigenvalue weighted by molar-refractivity contribution is 5.99. The Bertz CT molecular complexity index is 568. The number of benzene rings is 1. The lowest BCUT2D eigenvalue weighted by Gasteiger charge is -2.29. The maximum absolute atomic E-state index is 11.9. The molecule has 0 spiro atoms. The monoisotopic (exact) mass is 288 g/mol. The Morgan fingerprint density at radius 2 is 2.00 bits per heavy atom. The van der Waals surface area contributed by atoms with Gasteiger partial charge in [0.25, 0.3) is 0 Å². The quantitative estimate of drug-likeness (QED) is 0.683. The van der Waals surface area contributed by atoms with Crippen molar-refractivity contribution in [3.63, 3.8) is 0 Å². The summed E-state index contributed by atoms with van der Waals surface area (Å²) < 4.78 is 4.94. The smallest absolute Gasteiger partial charge is 0.323 e. The van der Waals surface area contributed by atoms with Gasteiger partial charge in [-0.05, 0) is 38.7 Å². The molecule has 0 aromatic heterocycles. The maximum Gasteiger partial charge on any atom is 0.323 e. The van der Waals surface area contributed by atoms with Crippen LogP contribution in [0.4, 0.5) is 0 Å². The summed E-state index contributed by atoms with van der Waals surface area (Å²) >= 11 is 0. The predicted molar refractivity (Wildman–Crippen MR) is 79.8 cm³/mol. The molecular weight excluding hydrogens is 268 g/mol. The van der Waals surface area contributed by atoms with Crippen LogP contribution in [0.5, 0.6) is 0 Å². The van der Waals surface area contributed by atoms with Gasteiger partial charge in [0.05, 0.1) is 6.61 Å². The van der Waals surface area contributed by atoms with Crippen molar-refractivity contribution in [3.8, 4) is 0 Å². The molecule has 1 atom stereocenters. The normalized spacial score (nSPS) is 22.3. The number of carboxylic acids is 1. The van der Waals surface area contributed by atoms with Gasteiger partial charge in [0, 0.05) is 0 Å². The molecule has 1 aliphatic heterocycles. The number of carbonyl (C=O) groups is 2.